The highest BCUT2D eigenvalue weighted by Crippen LogP contribution is 2.41. The van der Waals surface area contributed by atoms with E-state index in [1.807, 2.05) is 18.2 Å². The van der Waals surface area contributed by atoms with Crippen molar-refractivity contribution in [2.45, 2.75) is 39.3 Å². The quantitative estimate of drug-likeness (QED) is 0.292. The largest absolute Gasteiger partial charge is 0.352 e. The second-order valence-electron chi connectivity index (χ2n) is 9.62. The molecular formula is C30H30FN5OS. The van der Waals surface area contributed by atoms with Crippen LogP contribution in [0, 0.1) is 26.6 Å². The van der Waals surface area contributed by atoms with E-state index < -0.39 is 0 Å². The number of carbonyl (C=O) groups is 1. The van der Waals surface area contributed by atoms with Gasteiger partial charge in [-0.15, -0.1) is 0 Å². The highest BCUT2D eigenvalue weighted by Gasteiger charge is 2.41. The summed E-state index contributed by atoms with van der Waals surface area (Å²) in [6, 6.07) is 22.0. The number of aromatic nitrogens is 2. The van der Waals surface area contributed by atoms with Crippen molar-refractivity contribution in [3.63, 3.8) is 0 Å². The molecule has 0 radical (unpaired) electrons. The SMILES string of the molecule is Cc1ccc(-n2c(C)cc([C@H]3[C@@H](c4ccccn4)NC(=S)N3CCC(=O)Nc3ccc(F)cc3)c2C)cc1. The zero-order valence-corrected chi connectivity index (χ0v) is 22.4. The predicted molar refractivity (Wildman–Crippen MR) is 152 cm³/mol. The van der Waals surface area contributed by atoms with Gasteiger partial charge in [-0.2, -0.15) is 0 Å². The molecule has 1 aliphatic heterocycles. The lowest BCUT2D eigenvalue weighted by Gasteiger charge is -2.28. The minimum absolute atomic E-state index is 0.151. The maximum absolute atomic E-state index is 13.2. The number of hydrogen-bond donors (Lipinski definition) is 2. The summed E-state index contributed by atoms with van der Waals surface area (Å²) in [5.41, 5.74) is 7.12. The summed E-state index contributed by atoms with van der Waals surface area (Å²) < 4.78 is 15.5. The highest BCUT2D eigenvalue weighted by atomic mass is 32.1. The number of benzene rings is 2. The van der Waals surface area contributed by atoms with Gasteiger partial charge in [-0.05, 0) is 93.1 Å². The van der Waals surface area contributed by atoms with Crippen molar-refractivity contribution in [2.75, 3.05) is 11.9 Å². The normalized spacial score (nSPS) is 16.9. The molecule has 1 aliphatic rings. The number of thiocarbonyl (C=S) groups is 1. The number of pyridine rings is 1. The summed E-state index contributed by atoms with van der Waals surface area (Å²) in [4.78, 5) is 19.5. The number of anilines is 1. The summed E-state index contributed by atoms with van der Waals surface area (Å²) in [5, 5.41) is 6.89. The summed E-state index contributed by atoms with van der Waals surface area (Å²) >= 11 is 5.79. The van der Waals surface area contributed by atoms with Crippen LogP contribution in [0.2, 0.25) is 0 Å². The fraction of sp³-hybridized carbons (Fsp3) is 0.233. The minimum atomic E-state index is -0.344. The van der Waals surface area contributed by atoms with Gasteiger partial charge in [0.05, 0.1) is 17.8 Å². The van der Waals surface area contributed by atoms with Crippen LogP contribution in [0.4, 0.5) is 10.1 Å². The first-order chi connectivity index (χ1) is 18.3. The van der Waals surface area contributed by atoms with E-state index in [1.54, 1.807) is 18.3 Å². The lowest BCUT2D eigenvalue weighted by molar-refractivity contribution is -0.116. The van der Waals surface area contributed by atoms with E-state index in [2.05, 4.69) is 76.2 Å². The van der Waals surface area contributed by atoms with Crippen molar-refractivity contribution < 1.29 is 9.18 Å². The van der Waals surface area contributed by atoms with Gasteiger partial charge in [0.25, 0.3) is 0 Å². The number of hydrogen-bond acceptors (Lipinski definition) is 3. The molecule has 38 heavy (non-hydrogen) atoms. The summed E-state index contributed by atoms with van der Waals surface area (Å²) in [7, 11) is 0. The molecule has 4 aromatic rings. The number of nitrogens with zero attached hydrogens (tertiary/aromatic N) is 3. The summed E-state index contributed by atoms with van der Waals surface area (Å²) in [6.45, 7) is 6.73. The standard InChI is InChI=1S/C30H30FN5OS/c1-19-7-13-24(14-8-19)36-20(2)18-25(21(36)3)29-28(26-6-4-5-16-32-26)34-30(38)35(29)17-15-27(37)33-23-11-9-22(31)10-12-23/h4-14,16,18,28-29H,15,17H2,1-3H3,(H,33,37)(H,34,38)/t28-,29+/m1/s1. The van der Waals surface area contributed by atoms with Crippen LogP contribution in [0.1, 0.15) is 46.7 Å². The molecule has 0 aliphatic carbocycles. The Morgan fingerprint density at radius 1 is 1.05 bits per heavy atom. The highest BCUT2D eigenvalue weighted by molar-refractivity contribution is 7.80. The number of halogens is 1. The van der Waals surface area contributed by atoms with Gasteiger partial charge in [0.1, 0.15) is 5.82 Å². The first-order valence-electron chi connectivity index (χ1n) is 12.6. The molecule has 2 atom stereocenters. The Labute approximate surface area is 227 Å². The van der Waals surface area contributed by atoms with Crippen LogP contribution in [-0.4, -0.2) is 32.0 Å². The van der Waals surface area contributed by atoms with Gasteiger partial charge in [-0.25, -0.2) is 4.39 Å². The molecule has 3 heterocycles. The van der Waals surface area contributed by atoms with Crippen molar-refractivity contribution in [2.24, 2.45) is 0 Å². The molecular weight excluding hydrogens is 497 g/mol. The van der Waals surface area contributed by atoms with Crippen LogP contribution in [0.5, 0.6) is 0 Å². The van der Waals surface area contributed by atoms with Crippen molar-refractivity contribution >= 4 is 28.9 Å². The van der Waals surface area contributed by atoms with Gasteiger partial charge in [0.15, 0.2) is 5.11 Å². The number of amides is 1. The zero-order valence-electron chi connectivity index (χ0n) is 21.6. The van der Waals surface area contributed by atoms with Crippen molar-refractivity contribution in [1.82, 2.24) is 19.8 Å². The molecule has 2 aromatic heterocycles. The average Bonchev–Trinajstić information content (AvgIpc) is 3.39. The van der Waals surface area contributed by atoms with E-state index in [-0.39, 0.29) is 30.2 Å². The summed E-state index contributed by atoms with van der Waals surface area (Å²) in [6.07, 6.45) is 2.01. The second kappa shape index (κ2) is 10.8. The Hall–Kier alpha value is -4.04. The number of aryl methyl sites for hydroxylation is 2. The first kappa shape index (κ1) is 25.6. The Kier molecular flexibility index (Phi) is 7.24. The molecule has 5 rings (SSSR count). The smallest absolute Gasteiger partial charge is 0.226 e. The first-order valence-corrected chi connectivity index (χ1v) is 13.0. The van der Waals surface area contributed by atoms with Crippen LogP contribution in [0.25, 0.3) is 5.69 Å². The average molecular weight is 528 g/mol. The van der Waals surface area contributed by atoms with Gasteiger partial charge in [0, 0.05) is 41.9 Å². The van der Waals surface area contributed by atoms with Crippen LogP contribution in [0.15, 0.2) is 79.0 Å². The molecule has 6 nitrogen and oxygen atoms in total. The van der Waals surface area contributed by atoms with Crippen molar-refractivity contribution in [3.05, 3.63) is 113 Å². The Morgan fingerprint density at radius 3 is 2.47 bits per heavy atom. The van der Waals surface area contributed by atoms with E-state index in [4.69, 9.17) is 12.2 Å². The Balaban J connectivity index is 1.46. The third kappa shape index (κ3) is 5.17. The zero-order chi connectivity index (χ0) is 26.8. The number of carbonyl (C=O) groups excluding carboxylic acids is 1. The lowest BCUT2D eigenvalue weighted by atomic mass is 9.96. The molecule has 0 bridgehead atoms. The van der Waals surface area contributed by atoms with Crippen molar-refractivity contribution in [1.29, 1.82) is 0 Å². The van der Waals surface area contributed by atoms with Gasteiger partial charge in [-0.1, -0.05) is 23.8 Å². The van der Waals surface area contributed by atoms with E-state index in [9.17, 15) is 9.18 Å². The van der Waals surface area contributed by atoms with Gasteiger partial charge in [-0.3, -0.25) is 9.78 Å². The van der Waals surface area contributed by atoms with Crippen LogP contribution >= 0.6 is 12.2 Å². The van der Waals surface area contributed by atoms with E-state index in [1.165, 1.54) is 17.7 Å². The monoisotopic (exact) mass is 527 g/mol. The number of nitrogens with one attached hydrogen (secondary N) is 2. The number of rotatable bonds is 7. The molecule has 1 amide bonds. The third-order valence-electron chi connectivity index (χ3n) is 6.99. The molecule has 2 aromatic carbocycles. The second-order valence-corrected chi connectivity index (χ2v) is 10.0. The minimum Gasteiger partial charge on any atom is -0.352 e. The van der Waals surface area contributed by atoms with Crippen LogP contribution in [0.3, 0.4) is 0 Å². The van der Waals surface area contributed by atoms with Gasteiger partial charge < -0.3 is 20.1 Å². The predicted octanol–water partition coefficient (Wildman–Crippen LogP) is 5.94. The molecule has 0 spiro atoms. The molecule has 0 saturated carbocycles. The molecule has 194 valence electrons. The maximum Gasteiger partial charge on any atom is 0.226 e. The maximum atomic E-state index is 13.2. The summed E-state index contributed by atoms with van der Waals surface area (Å²) in [5.74, 6) is -0.507. The van der Waals surface area contributed by atoms with E-state index in [0.717, 1.165) is 28.3 Å². The van der Waals surface area contributed by atoms with E-state index in [0.29, 0.717) is 17.3 Å². The fourth-order valence-corrected chi connectivity index (χ4v) is 5.47. The lowest BCUT2D eigenvalue weighted by Crippen LogP contribution is -2.32. The van der Waals surface area contributed by atoms with Crippen LogP contribution in [-0.2, 0) is 4.79 Å². The molecule has 1 saturated heterocycles. The van der Waals surface area contributed by atoms with E-state index >= 15 is 0 Å². The third-order valence-corrected chi connectivity index (χ3v) is 7.34. The fourth-order valence-electron chi connectivity index (χ4n) is 5.14. The molecule has 0 unspecified atom stereocenters. The molecule has 2 N–H and O–H groups in total. The molecule has 1 fully saturated rings. The van der Waals surface area contributed by atoms with Gasteiger partial charge >= 0.3 is 0 Å². The topological polar surface area (TPSA) is 62.2 Å². The molecule has 8 heteroatoms. The van der Waals surface area contributed by atoms with Crippen molar-refractivity contribution in [3.8, 4) is 5.69 Å². The van der Waals surface area contributed by atoms with Crippen LogP contribution < -0.4 is 10.6 Å². The Morgan fingerprint density at radius 2 is 1.79 bits per heavy atom. The Bertz CT molecular complexity index is 1450. The van der Waals surface area contributed by atoms with Gasteiger partial charge in [0.2, 0.25) is 5.91 Å².